The first-order valence-electron chi connectivity index (χ1n) is 5.90. The van der Waals surface area contributed by atoms with Gasteiger partial charge in [0.05, 0.1) is 0 Å². The number of nitrogens with one attached hydrogen (secondary N) is 1. The average Bonchev–Trinajstić information content (AvgIpc) is 2.32. The highest BCUT2D eigenvalue weighted by Gasteiger charge is 2.14. The summed E-state index contributed by atoms with van der Waals surface area (Å²) in [5.74, 6) is 1.30. The molecule has 1 aromatic heterocycles. The molecule has 0 aromatic carbocycles. The Morgan fingerprint density at radius 1 is 1.33 bits per heavy atom. The van der Waals surface area contributed by atoms with Crippen LogP contribution in [0.25, 0.3) is 0 Å². The van der Waals surface area contributed by atoms with Crippen LogP contribution in [-0.2, 0) is 11.3 Å². The van der Waals surface area contributed by atoms with Crippen molar-refractivity contribution < 1.29 is 4.74 Å². The second-order valence-electron chi connectivity index (χ2n) is 4.33. The zero-order valence-corrected chi connectivity index (χ0v) is 11.4. The predicted octanol–water partition coefficient (Wildman–Crippen LogP) is 0.851. The van der Waals surface area contributed by atoms with Gasteiger partial charge in [-0.15, -0.1) is 0 Å². The van der Waals surface area contributed by atoms with Crippen molar-refractivity contribution in [3.63, 3.8) is 0 Å². The minimum atomic E-state index is 0.359. The Morgan fingerprint density at radius 3 is 2.72 bits per heavy atom. The van der Waals surface area contributed by atoms with Gasteiger partial charge in [-0.05, 0) is 7.05 Å². The maximum Gasteiger partial charge on any atom is 0.158 e. The van der Waals surface area contributed by atoms with Crippen molar-refractivity contribution in [3.8, 4) is 0 Å². The fourth-order valence-corrected chi connectivity index (χ4v) is 2.00. The third kappa shape index (κ3) is 3.78. The summed E-state index contributed by atoms with van der Waals surface area (Å²) in [6.45, 7) is 4.35. The Balaban J connectivity index is 2.00. The van der Waals surface area contributed by atoms with Crippen molar-refractivity contribution in [3.05, 3.63) is 17.0 Å². The molecule has 0 amide bonds. The number of hydrogen-bond acceptors (Lipinski definition) is 6. The molecule has 1 fully saturated rings. The fraction of sp³-hybridized carbons (Fsp3) is 0.636. The number of piperazine rings is 1. The van der Waals surface area contributed by atoms with E-state index >= 15 is 0 Å². The Bertz CT molecular complexity index is 395. The van der Waals surface area contributed by atoms with Crippen LogP contribution in [-0.4, -0.2) is 60.2 Å². The lowest BCUT2D eigenvalue weighted by Gasteiger charge is -2.32. The summed E-state index contributed by atoms with van der Waals surface area (Å²) in [6, 6.07) is 1.72. The highest BCUT2D eigenvalue weighted by atomic mass is 35.5. The molecular formula is C11H18ClN5O. The SMILES string of the molecule is COCc1nc(Cl)cc(NN2CCN(C)CC2)n1. The molecule has 7 heteroatoms. The second-order valence-corrected chi connectivity index (χ2v) is 4.71. The molecule has 0 unspecified atom stereocenters. The third-order valence-corrected chi connectivity index (χ3v) is 2.98. The highest BCUT2D eigenvalue weighted by molar-refractivity contribution is 6.29. The number of ether oxygens (including phenoxy) is 1. The minimum Gasteiger partial charge on any atom is -0.377 e. The van der Waals surface area contributed by atoms with Crippen LogP contribution in [0.4, 0.5) is 5.82 Å². The zero-order chi connectivity index (χ0) is 13.0. The summed E-state index contributed by atoms with van der Waals surface area (Å²) >= 11 is 5.95. The molecule has 1 aromatic rings. The van der Waals surface area contributed by atoms with Crippen LogP contribution in [0.2, 0.25) is 5.15 Å². The van der Waals surface area contributed by atoms with E-state index < -0.39 is 0 Å². The first kappa shape index (κ1) is 13.5. The predicted molar refractivity (Wildman–Crippen MR) is 70.4 cm³/mol. The molecule has 1 aliphatic heterocycles. The fourth-order valence-electron chi connectivity index (χ4n) is 1.80. The first-order chi connectivity index (χ1) is 8.67. The number of methoxy groups -OCH3 is 1. The largest absolute Gasteiger partial charge is 0.377 e. The third-order valence-electron chi connectivity index (χ3n) is 2.79. The summed E-state index contributed by atoms with van der Waals surface area (Å²) in [6.07, 6.45) is 0. The molecule has 0 atom stereocenters. The number of halogens is 1. The summed E-state index contributed by atoms with van der Waals surface area (Å²) in [5, 5.41) is 2.56. The number of rotatable bonds is 4. The van der Waals surface area contributed by atoms with Crippen molar-refractivity contribution in [1.82, 2.24) is 19.9 Å². The average molecular weight is 272 g/mol. The van der Waals surface area contributed by atoms with Gasteiger partial charge >= 0.3 is 0 Å². The summed E-state index contributed by atoms with van der Waals surface area (Å²) < 4.78 is 5.01. The summed E-state index contributed by atoms with van der Waals surface area (Å²) in [4.78, 5) is 10.7. The molecule has 0 saturated carbocycles. The lowest BCUT2D eigenvalue weighted by Crippen LogP contribution is -2.47. The molecule has 6 nitrogen and oxygen atoms in total. The van der Waals surface area contributed by atoms with Crippen LogP contribution in [0, 0.1) is 0 Å². The topological polar surface area (TPSA) is 53.5 Å². The number of hydrogen-bond donors (Lipinski definition) is 1. The second kappa shape index (κ2) is 6.29. The molecule has 0 spiro atoms. The van der Waals surface area contributed by atoms with Gasteiger partial charge in [-0.2, -0.15) is 0 Å². The van der Waals surface area contributed by atoms with Crippen LogP contribution in [0.3, 0.4) is 0 Å². The van der Waals surface area contributed by atoms with Gasteiger partial charge in [0, 0.05) is 39.4 Å². The van der Waals surface area contributed by atoms with Crippen molar-refractivity contribution in [1.29, 1.82) is 0 Å². The Morgan fingerprint density at radius 2 is 2.06 bits per heavy atom. The van der Waals surface area contributed by atoms with Gasteiger partial charge in [0.15, 0.2) is 5.82 Å². The smallest absolute Gasteiger partial charge is 0.158 e. The van der Waals surface area contributed by atoms with Gasteiger partial charge in [-0.25, -0.2) is 15.0 Å². The van der Waals surface area contributed by atoms with Crippen LogP contribution in [0.15, 0.2) is 6.07 Å². The van der Waals surface area contributed by atoms with Crippen molar-refractivity contribution in [2.45, 2.75) is 6.61 Å². The molecule has 100 valence electrons. The van der Waals surface area contributed by atoms with E-state index in [2.05, 4.69) is 32.4 Å². The number of likely N-dealkylation sites (N-methyl/N-ethyl adjacent to an activating group) is 1. The van der Waals surface area contributed by atoms with Gasteiger partial charge in [0.25, 0.3) is 0 Å². The molecule has 2 heterocycles. The molecule has 1 aliphatic rings. The number of hydrazine groups is 1. The van der Waals surface area contributed by atoms with E-state index in [4.69, 9.17) is 16.3 Å². The monoisotopic (exact) mass is 271 g/mol. The van der Waals surface area contributed by atoms with Crippen LogP contribution in [0.5, 0.6) is 0 Å². The molecule has 1 N–H and O–H groups in total. The van der Waals surface area contributed by atoms with Crippen molar-refractivity contribution in [2.75, 3.05) is 45.8 Å². The van der Waals surface area contributed by atoms with Crippen molar-refractivity contribution >= 4 is 17.4 Å². The van der Waals surface area contributed by atoms with Crippen LogP contribution >= 0.6 is 11.6 Å². The van der Waals surface area contributed by atoms with E-state index in [-0.39, 0.29) is 0 Å². The van der Waals surface area contributed by atoms with E-state index in [1.807, 2.05) is 0 Å². The van der Waals surface area contributed by atoms with E-state index in [1.54, 1.807) is 13.2 Å². The number of aromatic nitrogens is 2. The van der Waals surface area contributed by atoms with E-state index in [0.717, 1.165) is 26.2 Å². The maximum atomic E-state index is 5.95. The van der Waals surface area contributed by atoms with Gasteiger partial charge in [-0.1, -0.05) is 11.6 Å². The molecule has 1 saturated heterocycles. The van der Waals surface area contributed by atoms with Crippen LogP contribution < -0.4 is 5.43 Å². The quantitative estimate of drug-likeness (QED) is 0.820. The van der Waals surface area contributed by atoms with E-state index in [9.17, 15) is 0 Å². The molecule has 2 rings (SSSR count). The zero-order valence-electron chi connectivity index (χ0n) is 10.7. The summed E-state index contributed by atoms with van der Waals surface area (Å²) in [5.41, 5.74) is 3.26. The van der Waals surface area contributed by atoms with Crippen molar-refractivity contribution in [2.24, 2.45) is 0 Å². The molecule has 0 bridgehead atoms. The van der Waals surface area contributed by atoms with Gasteiger partial charge in [-0.3, -0.25) is 0 Å². The lowest BCUT2D eigenvalue weighted by molar-refractivity contribution is 0.174. The standard InChI is InChI=1S/C11H18ClN5O/c1-16-3-5-17(6-4-16)15-10-7-9(12)13-11(14-10)8-18-2/h7H,3-6,8H2,1-2H3,(H,13,14,15). The highest BCUT2D eigenvalue weighted by Crippen LogP contribution is 2.13. The normalized spacial score (nSPS) is 17.9. The molecule has 0 radical (unpaired) electrons. The minimum absolute atomic E-state index is 0.359. The Labute approximate surface area is 112 Å². The summed E-state index contributed by atoms with van der Waals surface area (Å²) in [7, 11) is 3.73. The van der Waals surface area contributed by atoms with E-state index in [1.165, 1.54) is 0 Å². The van der Waals surface area contributed by atoms with Gasteiger partial charge in [0.2, 0.25) is 0 Å². The number of anilines is 1. The van der Waals surface area contributed by atoms with Gasteiger partial charge < -0.3 is 15.1 Å². The van der Waals surface area contributed by atoms with Crippen LogP contribution in [0.1, 0.15) is 5.82 Å². The molecular weight excluding hydrogens is 254 g/mol. The van der Waals surface area contributed by atoms with Gasteiger partial charge in [0.1, 0.15) is 17.6 Å². The molecule has 0 aliphatic carbocycles. The first-order valence-corrected chi connectivity index (χ1v) is 6.27. The Kier molecular flexibility index (Phi) is 4.71. The maximum absolute atomic E-state index is 5.95. The lowest BCUT2D eigenvalue weighted by atomic mass is 10.4. The number of nitrogens with zero attached hydrogens (tertiary/aromatic N) is 4. The molecule has 18 heavy (non-hydrogen) atoms. The Hall–Kier alpha value is -0.950. The van der Waals surface area contributed by atoms with E-state index in [0.29, 0.717) is 23.4 Å².